The molecular weight excluding hydrogens is 426 g/mol. The first-order valence-electron chi connectivity index (χ1n) is 12.5. The molecule has 0 N–H and O–H groups in total. The molecule has 1 nitrogen and oxygen atoms in total. The molecular formula is C32H37NSi. The van der Waals surface area contributed by atoms with E-state index in [2.05, 4.69) is 131 Å². The fourth-order valence-corrected chi connectivity index (χ4v) is 5.78. The molecule has 174 valence electrons. The maximum Gasteiger partial charge on any atom is 0.0775 e. The molecule has 4 rings (SSSR count). The van der Waals surface area contributed by atoms with Crippen molar-refractivity contribution in [1.82, 2.24) is 4.98 Å². The Morgan fingerprint density at radius 2 is 1.18 bits per heavy atom. The van der Waals surface area contributed by atoms with E-state index in [1.54, 1.807) is 0 Å². The smallest absolute Gasteiger partial charge is 0.0775 e. The van der Waals surface area contributed by atoms with Gasteiger partial charge in [0.25, 0.3) is 0 Å². The average Bonchev–Trinajstić information content (AvgIpc) is 2.83. The van der Waals surface area contributed by atoms with Gasteiger partial charge in [0, 0.05) is 11.8 Å². The Bertz CT molecular complexity index is 1230. The normalized spacial score (nSPS) is 11.9. The molecule has 0 atom stereocenters. The van der Waals surface area contributed by atoms with Crippen LogP contribution in [0.1, 0.15) is 50.7 Å². The second kappa shape index (κ2) is 9.72. The summed E-state index contributed by atoms with van der Waals surface area (Å²) >= 11 is 0. The fourth-order valence-electron chi connectivity index (χ4n) is 4.61. The van der Waals surface area contributed by atoms with Crippen molar-refractivity contribution < 1.29 is 0 Å². The summed E-state index contributed by atoms with van der Waals surface area (Å²) in [5.74, 6) is 0.837. The highest BCUT2D eigenvalue weighted by molar-refractivity contribution is 6.88. The molecule has 0 saturated heterocycles. The van der Waals surface area contributed by atoms with Crippen LogP contribution in [0.15, 0.2) is 85.1 Å². The third-order valence-electron chi connectivity index (χ3n) is 6.65. The van der Waals surface area contributed by atoms with Gasteiger partial charge < -0.3 is 0 Å². The molecule has 34 heavy (non-hydrogen) atoms. The van der Waals surface area contributed by atoms with Gasteiger partial charge in [-0.25, -0.2) is 0 Å². The zero-order valence-corrected chi connectivity index (χ0v) is 22.7. The molecule has 2 heteroatoms. The maximum absolute atomic E-state index is 4.68. The minimum absolute atomic E-state index is 0.419. The van der Waals surface area contributed by atoms with Gasteiger partial charge in [0.2, 0.25) is 0 Å². The van der Waals surface area contributed by atoms with Crippen LogP contribution < -0.4 is 5.19 Å². The zero-order chi connectivity index (χ0) is 24.5. The van der Waals surface area contributed by atoms with Gasteiger partial charge in [-0.2, -0.15) is 0 Å². The van der Waals surface area contributed by atoms with E-state index in [1.165, 1.54) is 38.6 Å². The highest BCUT2D eigenvalue weighted by atomic mass is 28.3. The Kier molecular flexibility index (Phi) is 6.90. The van der Waals surface area contributed by atoms with E-state index < -0.39 is 8.07 Å². The van der Waals surface area contributed by atoms with Crippen molar-refractivity contribution >= 4 is 13.3 Å². The lowest BCUT2D eigenvalue weighted by atomic mass is 9.82. The summed E-state index contributed by atoms with van der Waals surface area (Å²) < 4.78 is 0. The molecule has 3 aromatic carbocycles. The highest BCUT2D eigenvalue weighted by Crippen LogP contribution is 2.40. The first kappa shape index (κ1) is 24.2. The summed E-state index contributed by atoms with van der Waals surface area (Å²) in [7, 11) is -1.31. The highest BCUT2D eigenvalue weighted by Gasteiger charge is 2.20. The van der Waals surface area contributed by atoms with E-state index in [0.717, 1.165) is 11.3 Å². The molecule has 0 aliphatic heterocycles. The van der Waals surface area contributed by atoms with Crippen molar-refractivity contribution in [3.8, 4) is 33.5 Å². The van der Waals surface area contributed by atoms with Gasteiger partial charge in [-0.1, -0.05) is 119 Å². The summed E-state index contributed by atoms with van der Waals surface area (Å²) in [4.78, 5) is 4.68. The molecule has 0 fully saturated rings. The van der Waals surface area contributed by atoms with Crippen LogP contribution in [-0.2, 0) is 0 Å². The summed E-state index contributed by atoms with van der Waals surface area (Å²) in [6.45, 7) is 16.4. The van der Waals surface area contributed by atoms with Crippen LogP contribution in [0.5, 0.6) is 0 Å². The van der Waals surface area contributed by atoms with Crippen molar-refractivity contribution in [2.24, 2.45) is 0 Å². The van der Waals surface area contributed by atoms with Crippen LogP contribution in [0.4, 0.5) is 0 Å². The quantitative estimate of drug-likeness (QED) is 0.260. The van der Waals surface area contributed by atoms with Crippen molar-refractivity contribution in [3.05, 3.63) is 96.2 Å². The van der Waals surface area contributed by atoms with Gasteiger partial charge in [0.15, 0.2) is 0 Å². The monoisotopic (exact) mass is 463 g/mol. The summed E-state index contributed by atoms with van der Waals surface area (Å²) in [6.07, 6.45) is 1.95. The predicted octanol–water partition coefficient (Wildman–Crippen LogP) is 8.87. The molecule has 0 amide bonds. The molecule has 0 aliphatic carbocycles. The van der Waals surface area contributed by atoms with E-state index in [1.807, 2.05) is 6.20 Å². The van der Waals surface area contributed by atoms with Gasteiger partial charge in [0.05, 0.1) is 13.8 Å². The van der Waals surface area contributed by atoms with Crippen molar-refractivity contribution in [3.63, 3.8) is 0 Å². The summed E-state index contributed by atoms with van der Waals surface area (Å²) in [6, 6.07) is 29.0. The molecule has 1 aromatic heterocycles. The van der Waals surface area contributed by atoms with Gasteiger partial charge in [-0.3, -0.25) is 4.98 Å². The molecule has 0 bridgehead atoms. The molecule has 4 aromatic rings. The molecule has 0 radical (unpaired) electrons. The molecule has 0 unspecified atom stereocenters. The van der Waals surface area contributed by atoms with Gasteiger partial charge in [-0.05, 0) is 57.3 Å². The first-order chi connectivity index (χ1) is 16.1. The van der Waals surface area contributed by atoms with Crippen LogP contribution in [0.3, 0.4) is 0 Å². The molecule has 1 heterocycles. The number of nitrogens with zero attached hydrogens (tertiary/aromatic N) is 1. The van der Waals surface area contributed by atoms with E-state index >= 15 is 0 Å². The van der Waals surface area contributed by atoms with Crippen molar-refractivity contribution in [1.29, 1.82) is 0 Å². The Morgan fingerprint density at radius 3 is 1.71 bits per heavy atom. The Balaban J connectivity index is 1.88. The fraction of sp³-hybridized carbons (Fsp3) is 0.281. The number of rotatable bonds is 6. The third-order valence-corrected chi connectivity index (χ3v) is 8.71. The SMILES string of the molecule is CC(C)c1cc(-c2ccc([Si](C)(C)C)cc2)cc(C(C)C)c1-c1ccnc(-c2ccccc2)c1. The topological polar surface area (TPSA) is 12.9 Å². The van der Waals surface area contributed by atoms with E-state index in [4.69, 9.17) is 0 Å². The minimum atomic E-state index is -1.31. The second-order valence-electron chi connectivity index (χ2n) is 11.0. The molecule has 0 aliphatic rings. The van der Waals surface area contributed by atoms with E-state index in [0.29, 0.717) is 11.8 Å². The molecule has 0 saturated carbocycles. The zero-order valence-electron chi connectivity index (χ0n) is 21.7. The maximum atomic E-state index is 4.68. The number of aromatic nitrogens is 1. The van der Waals surface area contributed by atoms with Crippen molar-refractivity contribution in [2.75, 3.05) is 0 Å². The van der Waals surface area contributed by atoms with E-state index in [9.17, 15) is 0 Å². The summed E-state index contributed by atoms with van der Waals surface area (Å²) in [5, 5.41) is 1.51. The average molecular weight is 464 g/mol. The standard InChI is InChI=1S/C32H37NSi/c1-22(2)29-19-27(24-13-15-28(16-14-24)34(5,6)7)20-30(23(3)4)32(29)26-17-18-33-31(21-26)25-11-9-8-10-12-25/h8-23H,1-7H3. The van der Waals surface area contributed by atoms with Gasteiger partial charge in [-0.15, -0.1) is 0 Å². The number of benzene rings is 3. The van der Waals surface area contributed by atoms with E-state index in [-0.39, 0.29) is 0 Å². The number of pyridine rings is 1. The van der Waals surface area contributed by atoms with Crippen LogP contribution in [0.25, 0.3) is 33.5 Å². The number of hydrogen-bond donors (Lipinski definition) is 0. The Hall–Kier alpha value is -2.97. The number of hydrogen-bond acceptors (Lipinski definition) is 1. The minimum Gasteiger partial charge on any atom is -0.256 e. The summed E-state index contributed by atoms with van der Waals surface area (Å²) in [5.41, 5.74) is 10.2. The second-order valence-corrected chi connectivity index (χ2v) is 16.0. The van der Waals surface area contributed by atoms with Gasteiger partial charge >= 0.3 is 0 Å². The molecule has 0 spiro atoms. The predicted molar refractivity (Wildman–Crippen MR) is 152 cm³/mol. The van der Waals surface area contributed by atoms with Gasteiger partial charge in [0.1, 0.15) is 0 Å². The third kappa shape index (κ3) is 5.08. The Morgan fingerprint density at radius 1 is 0.588 bits per heavy atom. The lowest BCUT2D eigenvalue weighted by Gasteiger charge is -2.23. The lowest BCUT2D eigenvalue weighted by molar-refractivity contribution is 0.838. The lowest BCUT2D eigenvalue weighted by Crippen LogP contribution is -2.37. The van der Waals surface area contributed by atoms with Crippen LogP contribution in [0.2, 0.25) is 19.6 Å². The van der Waals surface area contributed by atoms with Crippen LogP contribution in [-0.4, -0.2) is 13.1 Å². The Labute approximate surface area is 206 Å². The van der Waals surface area contributed by atoms with Crippen LogP contribution in [0, 0.1) is 0 Å². The largest absolute Gasteiger partial charge is 0.256 e. The van der Waals surface area contributed by atoms with Crippen LogP contribution >= 0.6 is 0 Å². The van der Waals surface area contributed by atoms with Crippen molar-refractivity contribution in [2.45, 2.75) is 59.2 Å². The first-order valence-corrected chi connectivity index (χ1v) is 16.0.